The van der Waals surface area contributed by atoms with E-state index < -0.39 is 0 Å². The summed E-state index contributed by atoms with van der Waals surface area (Å²) < 4.78 is 5.79. The van der Waals surface area contributed by atoms with Crippen molar-refractivity contribution >= 4 is 33.4 Å². The van der Waals surface area contributed by atoms with Gasteiger partial charge >= 0.3 is 0 Å². The van der Waals surface area contributed by atoms with Crippen molar-refractivity contribution in [1.29, 1.82) is 0 Å². The highest BCUT2D eigenvalue weighted by molar-refractivity contribution is 6.31. The number of benzene rings is 2. The Morgan fingerprint density at radius 3 is 2.46 bits per heavy atom. The molecule has 3 aromatic rings. The summed E-state index contributed by atoms with van der Waals surface area (Å²) in [5.74, 6) is 0.801. The minimum absolute atomic E-state index is 0.172. The van der Waals surface area contributed by atoms with E-state index in [1.807, 2.05) is 30.3 Å². The van der Waals surface area contributed by atoms with Gasteiger partial charge in [0.25, 0.3) is 0 Å². The minimum Gasteiger partial charge on any atom is -0.507 e. The van der Waals surface area contributed by atoms with Gasteiger partial charge in [0.2, 0.25) is 0 Å². The van der Waals surface area contributed by atoms with Crippen molar-refractivity contribution in [1.82, 2.24) is 4.98 Å². The summed E-state index contributed by atoms with van der Waals surface area (Å²) in [7, 11) is 0. The number of rotatable bonds is 9. The number of aliphatic hydroxyl groups is 1. The van der Waals surface area contributed by atoms with Gasteiger partial charge < -0.3 is 14.9 Å². The van der Waals surface area contributed by atoms with E-state index in [2.05, 4.69) is 4.98 Å². The number of unbranched alkanes of at least 4 members (excludes halogenated alkanes) is 5. The van der Waals surface area contributed by atoms with Crippen LogP contribution in [0.3, 0.4) is 0 Å². The average Bonchev–Trinajstić information content (AvgIpc) is 2.62. The monoisotopic (exact) mass is 373 g/mol. The van der Waals surface area contributed by atoms with Crippen LogP contribution >= 0.6 is 11.6 Å². The molecule has 0 atom stereocenters. The number of phenolic OH excluding ortho intramolecular Hbond substituents is 1. The molecule has 5 heteroatoms. The smallest absolute Gasteiger partial charge is 0.128 e. The Morgan fingerprint density at radius 1 is 0.885 bits per heavy atom. The molecular weight excluding hydrogens is 350 g/mol. The van der Waals surface area contributed by atoms with Crippen LogP contribution in [0.5, 0.6) is 11.5 Å². The van der Waals surface area contributed by atoms with Crippen LogP contribution in [-0.2, 0) is 0 Å². The molecule has 0 unspecified atom stereocenters. The van der Waals surface area contributed by atoms with E-state index in [9.17, 15) is 5.11 Å². The van der Waals surface area contributed by atoms with E-state index >= 15 is 0 Å². The summed E-state index contributed by atoms with van der Waals surface area (Å²) in [6.45, 7) is 0.897. The number of hydrogen-bond acceptors (Lipinski definition) is 4. The lowest BCUT2D eigenvalue weighted by molar-refractivity contribution is 0.280. The van der Waals surface area contributed by atoms with E-state index in [1.165, 1.54) is 0 Å². The summed E-state index contributed by atoms with van der Waals surface area (Å²) in [4.78, 5) is 4.60. The number of fused-ring (bicyclic) bond motifs is 2. The van der Waals surface area contributed by atoms with Gasteiger partial charge in [0.05, 0.1) is 17.6 Å². The normalized spacial score (nSPS) is 11.3. The third-order valence-electron chi connectivity index (χ3n) is 4.46. The number of pyridine rings is 1. The molecule has 2 N–H and O–H groups in total. The maximum absolute atomic E-state index is 10.3. The van der Waals surface area contributed by atoms with Crippen molar-refractivity contribution in [2.75, 3.05) is 13.2 Å². The molecule has 0 bridgehead atoms. The first-order valence-electron chi connectivity index (χ1n) is 9.14. The van der Waals surface area contributed by atoms with Gasteiger partial charge in [-0.3, -0.25) is 0 Å². The van der Waals surface area contributed by atoms with E-state index in [1.54, 1.807) is 6.07 Å². The van der Waals surface area contributed by atoms with Crippen molar-refractivity contribution in [3.8, 4) is 11.5 Å². The van der Waals surface area contributed by atoms with Gasteiger partial charge in [-0.1, -0.05) is 43.4 Å². The molecule has 0 fully saturated rings. The number of nitrogens with zero attached hydrogens (tertiary/aromatic N) is 1. The predicted octanol–water partition coefficient (Wildman–Crippen LogP) is 5.46. The van der Waals surface area contributed by atoms with E-state index in [-0.39, 0.29) is 12.4 Å². The Kier molecular flexibility index (Phi) is 6.53. The number of halogens is 1. The number of ether oxygens (including phenoxy) is 1. The van der Waals surface area contributed by atoms with Crippen LogP contribution in [-0.4, -0.2) is 28.4 Å². The van der Waals surface area contributed by atoms with Crippen LogP contribution < -0.4 is 4.74 Å². The van der Waals surface area contributed by atoms with Gasteiger partial charge in [0, 0.05) is 34.5 Å². The van der Waals surface area contributed by atoms with Crippen LogP contribution in [0.2, 0.25) is 5.02 Å². The van der Waals surface area contributed by atoms with Crippen molar-refractivity contribution in [2.45, 2.75) is 38.5 Å². The molecule has 26 heavy (non-hydrogen) atoms. The second kappa shape index (κ2) is 9.06. The molecule has 138 valence electrons. The summed E-state index contributed by atoms with van der Waals surface area (Å²) >= 11 is 6.04. The van der Waals surface area contributed by atoms with Crippen LogP contribution in [0, 0.1) is 0 Å². The second-order valence-corrected chi connectivity index (χ2v) is 6.96. The molecule has 2 aromatic carbocycles. The summed E-state index contributed by atoms with van der Waals surface area (Å²) in [6.07, 6.45) is 6.35. The van der Waals surface area contributed by atoms with Gasteiger partial charge in [0.1, 0.15) is 11.5 Å². The maximum atomic E-state index is 10.3. The number of aromatic nitrogens is 1. The Hall–Kier alpha value is -2.04. The molecule has 0 radical (unpaired) electrons. The van der Waals surface area contributed by atoms with Gasteiger partial charge in [-0.25, -0.2) is 4.98 Å². The first-order valence-corrected chi connectivity index (χ1v) is 9.52. The molecule has 0 aliphatic carbocycles. The van der Waals surface area contributed by atoms with Crippen LogP contribution in [0.1, 0.15) is 38.5 Å². The fourth-order valence-corrected chi connectivity index (χ4v) is 3.22. The molecule has 1 aromatic heterocycles. The molecule has 3 rings (SSSR count). The molecular formula is C21H24ClNO3. The van der Waals surface area contributed by atoms with Gasteiger partial charge in [0.15, 0.2) is 0 Å². The third kappa shape index (κ3) is 4.77. The minimum atomic E-state index is 0.172. The highest BCUT2D eigenvalue weighted by Gasteiger charge is 2.08. The number of hydrogen-bond donors (Lipinski definition) is 2. The molecule has 0 saturated heterocycles. The summed E-state index contributed by atoms with van der Waals surface area (Å²) in [6, 6.07) is 10.9. The standard InChI is InChI=1S/C21H24ClNO3/c22-16-8-7-15-11-18-20(23-19(15)12-16)13-17(14-21(18)25)26-10-6-4-2-1-3-5-9-24/h7-8,11-14,24-25H,1-6,9-10H2. The SMILES string of the molecule is OCCCCCCCCOc1cc(O)c2cc3ccc(Cl)cc3nc2c1. The second-order valence-electron chi connectivity index (χ2n) is 6.53. The number of phenols is 1. The first kappa shape index (κ1) is 18.7. The maximum Gasteiger partial charge on any atom is 0.128 e. The van der Waals surface area contributed by atoms with E-state index in [0.29, 0.717) is 28.3 Å². The van der Waals surface area contributed by atoms with Crippen LogP contribution in [0.25, 0.3) is 21.8 Å². The molecule has 0 amide bonds. The topological polar surface area (TPSA) is 62.6 Å². The Labute approximate surface area is 158 Å². The molecule has 0 saturated carbocycles. The Balaban J connectivity index is 1.63. The molecule has 1 heterocycles. The van der Waals surface area contributed by atoms with Gasteiger partial charge in [-0.2, -0.15) is 0 Å². The molecule has 0 aliphatic rings. The van der Waals surface area contributed by atoms with Gasteiger partial charge in [-0.15, -0.1) is 0 Å². The van der Waals surface area contributed by atoms with Crippen LogP contribution in [0.15, 0.2) is 36.4 Å². The van der Waals surface area contributed by atoms with E-state index in [4.69, 9.17) is 21.4 Å². The highest BCUT2D eigenvalue weighted by Crippen LogP contribution is 2.32. The summed E-state index contributed by atoms with van der Waals surface area (Å²) in [5.41, 5.74) is 1.49. The largest absolute Gasteiger partial charge is 0.507 e. The quantitative estimate of drug-likeness (QED) is 0.386. The lowest BCUT2D eigenvalue weighted by Gasteiger charge is -2.09. The molecule has 0 spiro atoms. The fourth-order valence-electron chi connectivity index (χ4n) is 3.05. The molecule has 0 aliphatic heterocycles. The zero-order valence-electron chi connectivity index (χ0n) is 14.7. The zero-order valence-corrected chi connectivity index (χ0v) is 15.5. The first-order chi connectivity index (χ1) is 12.7. The van der Waals surface area contributed by atoms with Crippen molar-refractivity contribution in [2.24, 2.45) is 0 Å². The lowest BCUT2D eigenvalue weighted by Crippen LogP contribution is -1.98. The Bertz CT molecular complexity index is 882. The lowest BCUT2D eigenvalue weighted by atomic mass is 10.1. The number of aromatic hydroxyl groups is 1. The van der Waals surface area contributed by atoms with Gasteiger partial charge in [-0.05, 0) is 31.0 Å². The van der Waals surface area contributed by atoms with Crippen molar-refractivity contribution in [3.05, 3.63) is 41.4 Å². The van der Waals surface area contributed by atoms with Crippen molar-refractivity contribution in [3.63, 3.8) is 0 Å². The zero-order chi connectivity index (χ0) is 18.4. The van der Waals surface area contributed by atoms with Crippen molar-refractivity contribution < 1.29 is 14.9 Å². The Morgan fingerprint density at radius 2 is 1.65 bits per heavy atom. The summed E-state index contributed by atoms with van der Waals surface area (Å²) in [5, 5.41) is 21.4. The predicted molar refractivity (Wildman–Crippen MR) is 106 cm³/mol. The van der Waals surface area contributed by atoms with Crippen LogP contribution in [0.4, 0.5) is 0 Å². The highest BCUT2D eigenvalue weighted by atomic mass is 35.5. The fraction of sp³-hybridized carbons (Fsp3) is 0.381. The molecule has 4 nitrogen and oxygen atoms in total. The average molecular weight is 374 g/mol. The van der Waals surface area contributed by atoms with E-state index in [0.717, 1.165) is 49.4 Å². The third-order valence-corrected chi connectivity index (χ3v) is 4.70. The number of aliphatic hydroxyl groups excluding tert-OH is 1.